The number of carbonyl (C=O) groups excluding carboxylic acids is 2. The highest BCUT2D eigenvalue weighted by Gasteiger charge is 2.25. The van der Waals surface area contributed by atoms with E-state index in [0.29, 0.717) is 40.7 Å². The standard InChI is InChI=1S/C21H26N6O3/c1-7-8-15-17(20(29)30-6)14(5)24-18(15)19(28)25-16-10-13(4)27(26-16)21-22-11(2)9-12(3)23-21/h9-10,24H,7-8H2,1-6H3,(H,25,26,28). The molecule has 0 aliphatic rings. The average molecular weight is 410 g/mol. The van der Waals surface area contributed by atoms with Crippen LogP contribution in [0, 0.1) is 27.7 Å². The van der Waals surface area contributed by atoms with Crippen LogP contribution in [0.25, 0.3) is 5.95 Å². The van der Waals surface area contributed by atoms with Crippen molar-refractivity contribution in [2.75, 3.05) is 12.4 Å². The lowest BCUT2D eigenvalue weighted by atomic mass is 10.0. The van der Waals surface area contributed by atoms with E-state index < -0.39 is 5.97 Å². The zero-order valence-electron chi connectivity index (χ0n) is 18.1. The Hall–Kier alpha value is -3.49. The molecule has 0 unspecified atom stereocenters. The highest BCUT2D eigenvalue weighted by atomic mass is 16.5. The number of aromatic nitrogens is 5. The molecule has 3 aromatic rings. The van der Waals surface area contributed by atoms with Gasteiger partial charge in [-0.2, -0.15) is 0 Å². The highest BCUT2D eigenvalue weighted by Crippen LogP contribution is 2.23. The van der Waals surface area contributed by atoms with Crippen molar-refractivity contribution < 1.29 is 14.3 Å². The molecule has 0 aliphatic carbocycles. The number of methoxy groups -OCH3 is 1. The number of ether oxygens (including phenoxy) is 1. The third kappa shape index (κ3) is 4.10. The molecule has 0 fully saturated rings. The number of aryl methyl sites for hydroxylation is 4. The quantitative estimate of drug-likeness (QED) is 0.603. The molecule has 0 bridgehead atoms. The Labute approximate surface area is 174 Å². The smallest absolute Gasteiger partial charge is 0.339 e. The molecular weight excluding hydrogens is 384 g/mol. The van der Waals surface area contributed by atoms with Gasteiger partial charge in [-0.05, 0) is 45.7 Å². The van der Waals surface area contributed by atoms with Crippen LogP contribution in [0.15, 0.2) is 12.1 Å². The molecular formula is C21H26N6O3. The summed E-state index contributed by atoms with van der Waals surface area (Å²) in [5.74, 6) is -0.0172. The summed E-state index contributed by atoms with van der Waals surface area (Å²) in [6, 6.07) is 3.63. The molecule has 3 aromatic heterocycles. The molecule has 30 heavy (non-hydrogen) atoms. The lowest BCUT2D eigenvalue weighted by molar-refractivity contribution is 0.0599. The van der Waals surface area contributed by atoms with Crippen molar-refractivity contribution in [1.82, 2.24) is 24.7 Å². The summed E-state index contributed by atoms with van der Waals surface area (Å²) < 4.78 is 6.47. The van der Waals surface area contributed by atoms with Gasteiger partial charge in [0.2, 0.25) is 0 Å². The number of carbonyl (C=O) groups is 2. The minimum Gasteiger partial charge on any atom is -0.465 e. The van der Waals surface area contributed by atoms with Gasteiger partial charge in [-0.1, -0.05) is 13.3 Å². The van der Waals surface area contributed by atoms with Crippen LogP contribution in [0.3, 0.4) is 0 Å². The van der Waals surface area contributed by atoms with E-state index in [1.165, 1.54) is 7.11 Å². The first kappa shape index (κ1) is 21.2. The van der Waals surface area contributed by atoms with E-state index in [1.54, 1.807) is 17.7 Å². The van der Waals surface area contributed by atoms with E-state index in [9.17, 15) is 9.59 Å². The van der Waals surface area contributed by atoms with Crippen LogP contribution < -0.4 is 5.32 Å². The fourth-order valence-corrected chi connectivity index (χ4v) is 3.47. The summed E-state index contributed by atoms with van der Waals surface area (Å²) in [7, 11) is 1.33. The fraction of sp³-hybridized carbons (Fsp3) is 0.381. The SMILES string of the molecule is CCCc1c(C(=O)Nc2cc(C)n(-c3nc(C)cc(C)n3)n2)[nH]c(C)c1C(=O)OC. The maximum atomic E-state index is 13.0. The molecule has 0 radical (unpaired) electrons. The molecule has 0 saturated carbocycles. The predicted octanol–water partition coefficient (Wildman–Crippen LogP) is 3.22. The van der Waals surface area contributed by atoms with Gasteiger partial charge in [-0.15, -0.1) is 5.10 Å². The number of anilines is 1. The Morgan fingerprint density at radius 3 is 2.40 bits per heavy atom. The van der Waals surface area contributed by atoms with Crippen molar-refractivity contribution in [3.8, 4) is 5.95 Å². The normalized spacial score (nSPS) is 10.9. The average Bonchev–Trinajstić information content (AvgIpc) is 3.20. The van der Waals surface area contributed by atoms with Crippen LogP contribution in [0.1, 0.15) is 62.5 Å². The summed E-state index contributed by atoms with van der Waals surface area (Å²) in [4.78, 5) is 37.0. The topological polar surface area (TPSA) is 115 Å². The van der Waals surface area contributed by atoms with E-state index in [0.717, 1.165) is 23.5 Å². The molecule has 158 valence electrons. The van der Waals surface area contributed by atoms with E-state index in [4.69, 9.17) is 4.74 Å². The maximum Gasteiger partial charge on any atom is 0.339 e. The highest BCUT2D eigenvalue weighted by molar-refractivity contribution is 6.06. The van der Waals surface area contributed by atoms with Crippen molar-refractivity contribution in [1.29, 1.82) is 0 Å². The zero-order chi connectivity index (χ0) is 22.0. The summed E-state index contributed by atoms with van der Waals surface area (Å²) in [5.41, 5.74) is 4.44. The summed E-state index contributed by atoms with van der Waals surface area (Å²) >= 11 is 0. The van der Waals surface area contributed by atoms with E-state index >= 15 is 0 Å². The van der Waals surface area contributed by atoms with Crippen molar-refractivity contribution in [2.45, 2.75) is 47.5 Å². The van der Waals surface area contributed by atoms with Crippen LogP contribution in [-0.2, 0) is 11.2 Å². The largest absolute Gasteiger partial charge is 0.465 e. The maximum absolute atomic E-state index is 13.0. The number of nitrogens with zero attached hydrogens (tertiary/aromatic N) is 4. The third-order valence-electron chi connectivity index (χ3n) is 4.70. The minimum atomic E-state index is -0.460. The zero-order valence-corrected chi connectivity index (χ0v) is 18.1. The summed E-state index contributed by atoms with van der Waals surface area (Å²) in [5, 5.41) is 7.24. The lowest BCUT2D eigenvalue weighted by Crippen LogP contribution is -2.16. The van der Waals surface area contributed by atoms with Crippen LogP contribution in [0.2, 0.25) is 0 Å². The van der Waals surface area contributed by atoms with Crippen molar-refractivity contribution in [3.05, 3.63) is 51.7 Å². The van der Waals surface area contributed by atoms with Crippen LogP contribution in [0.4, 0.5) is 5.82 Å². The summed E-state index contributed by atoms with van der Waals surface area (Å²) in [6.07, 6.45) is 1.35. The number of H-pyrrole nitrogens is 1. The fourth-order valence-electron chi connectivity index (χ4n) is 3.47. The van der Waals surface area contributed by atoms with Crippen molar-refractivity contribution in [2.24, 2.45) is 0 Å². The van der Waals surface area contributed by atoms with Crippen molar-refractivity contribution >= 4 is 17.7 Å². The Balaban J connectivity index is 1.93. The van der Waals surface area contributed by atoms with Gasteiger partial charge >= 0.3 is 5.97 Å². The number of nitrogens with one attached hydrogen (secondary N) is 2. The Kier molecular flexibility index (Phi) is 6.00. The molecule has 0 saturated heterocycles. The van der Waals surface area contributed by atoms with Gasteiger partial charge in [0.25, 0.3) is 11.9 Å². The molecule has 0 spiro atoms. The summed E-state index contributed by atoms with van der Waals surface area (Å²) in [6.45, 7) is 9.38. The number of amides is 1. The first-order valence-corrected chi connectivity index (χ1v) is 9.75. The number of aromatic amines is 1. The number of rotatable bonds is 6. The van der Waals surface area contributed by atoms with Gasteiger partial charge in [0.1, 0.15) is 5.69 Å². The van der Waals surface area contributed by atoms with E-state index in [-0.39, 0.29) is 5.91 Å². The molecule has 0 aliphatic heterocycles. The second-order valence-electron chi connectivity index (χ2n) is 7.21. The molecule has 0 aromatic carbocycles. The predicted molar refractivity (Wildman–Crippen MR) is 112 cm³/mol. The van der Waals surface area contributed by atoms with Gasteiger partial charge in [0.15, 0.2) is 5.82 Å². The molecule has 3 heterocycles. The third-order valence-corrected chi connectivity index (χ3v) is 4.70. The van der Waals surface area contributed by atoms with Crippen LogP contribution in [-0.4, -0.2) is 43.7 Å². The molecule has 9 nitrogen and oxygen atoms in total. The molecule has 2 N–H and O–H groups in total. The first-order valence-electron chi connectivity index (χ1n) is 9.75. The Morgan fingerprint density at radius 1 is 1.13 bits per heavy atom. The molecule has 9 heteroatoms. The Morgan fingerprint density at radius 2 is 1.80 bits per heavy atom. The van der Waals surface area contributed by atoms with Crippen LogP contribution in [0.5, 0.6) is 0 Å². The number of hydrogen-bond acceptors (Lipinski definition) is 6. The van der Waals surface area contributed by atoms with Gasteiger partial charge in [-0.3, -0.25) is 4.79 Å². The second-order valence-corrected chi connectivity index (χ2v) is 7.21. The molecule has 0 atom stereocenters. The minimum absolute atomic E-state index is 0.338. The molecule has 1 amide bonds. The van der Waals surface area contributed by atoms with Gasteiger partial charge in [0.05, 0.1) is 12.7 Å². The monoisotopic (exact) mass is 410 g/mol. The van der Waals surface area contributed by atoms with E-state index in [2.05, 4.69) is 25.4 Å². The number of esters is 1. The van der Waals surface area contributed by atoms with E-state index in [1.807, 2.05) is 33.8 Å². The second kappa shape index (κ2) is 8.48. The lowest BCUT2D eigenvalue weighted by Gasteiger charge is -2.06. The molecule has 3 rings (SSSR count). The van der Waals surface area contributed by atoms with Gasteiger partial charge < -0.3 is 15.0 Å². The van der Waals surface area contributed by atoms with Gasteiger partial charge in [-0.25, -0.2) is 19.4 Å². The first-order chi connectivity index (χ1) is 14.2. The Bertz CT molecular complexity index is 1090. The van der Waals surface area contributed by atoms with Gasteiger partial charge in [0, 0.05) is 28.8 Å². The number of hydrogen-bond donors (Lipinski definition) is 2. The van der Waals surface area contributed by atoms with Crippen LogP contribution >= 0.6 is 0 Å². The van der Waals surface area contributed by atoms with Crippen molar-refractivity contribution in [3.63, 3.8) is 0 Å².